The molecule has 0 atom stereocenters. The fourth-order valence-corrected chi connectivity index (χ4v) is 1.05. The van der Waals surface area contributed by atoms with Crippen LogP contribution >= 0.6 is 0 Å². The van der Waals surface area contributed by atoms with Gasteiger partial charge in [-0.15, -0.1) is 0 Å². The minimum Gasteiger partial charge on any atom is -0.497 e. The van der Waals surface area contributed by atoms with Gasteiger partial charge in [0.15, 0.2) is 0 Å². The number of hydrogen-bond donors (Lipinski definition) is 0. The zero-order chi connectivity index (χ0) is 10.4. The summed E-state index contributed by atoms with van der Waals surface area (Å²) in [6.45, 7) is 4.22. The molecule has 2 radical (unpaired) electrons. The summed E-state index contributed by atoms with van der Waals surface area (Å²) in [5, 5.41) is 0. The number of hydrogen-bond acceptors (Lipinski definition) is 1. The first-order valence-electron chi connectivity index (χ1n) is 4.79. The van der Waals surface area contributed by atoms with E-state index in [-0.39, 0.29) is 0 Å². The van der Waals surface area contributed by atoms with Crippen LogP contribution in [0.3, 0.4) is 0 Å². The van der Waals surface area contributed by atoms with Crippen LogP contribution < -0.4 is 4.74 Å². The van der Waals surface area contributed by atoms with Gasteiger partial charge in [0, 0.05) is 6.42 Å². The van der Waals surface area contributed by atoms with E-state index < -0.39 is 0 Å². The van der Waals surface area contributed by atoms with Crippen LogP contribution in [0.4, 0.5) is 0 Å². The van der Waals surface area contributed by atoms with E-state index in [4.69, 9.17) is 4.74 Å². The van der Waals surface area contributed by atoms with Crippen molar-refractivity contribution >= 4 is 6.08 Å². The van der Waals surface area contributed by atoms with Crippen molar-refractivity contribution in [1.82, 2.24) is 0 Å². The molecular weight excluding hydrogens is 172 g/mol. The smallest absolute Gasteiger partial charge is 0.118 e. The lowest BCUT2D eigenvalue weighted by atomic mass is 10.1. The Labute approximate surface area is 86.4 Å². The van der Waals surface area contributed by atoms with Gasteiger partial charge >= 0.3 is 0 Å². The van der Waals surface area contributed by atoms with Crippen LogP contribution in [-0.4, -0.2) is 7.11 Å². The normalized spacial score (nSPS) is 11.1. The van der Waals surface area contributed by atoms with Crippen LogP contribution in [0.2, 0.25) is 0 Å². The Kier molecular flexibility index (Phi) is 4.24. The lowest BCUT2D eigenvalue weighted by molar-refractivity contribution is 0.415. The van der Waals surface area contributed by atoms with Crippen molar-refractivity contribution < 1.29 is 4.74 Å². The fraction of sp³-hybridized carbons (Fsp3) is 0.308. The molecule has 0 N–H and O–H groups in total. The Balaban J connectivity index is 2.55. The Bertz CT molecular complexity index is 283. The Morgan fingerprint density at radius 2 is 1.86 bits per heavy atom. The number of rotatable bonds is 4. The molecule has 0 saturated heterocycles. The van der Waals surface area contributed by atoms with Gasteiger partial charge in [0.25, 0.3) is 0 Å². The summed E-state index contributed by atoms with van der Waals surface area (Å²) in [4.78, 5) is 0. The predicted molar refractivity (Wildman–Crippen MR) is 60.1 cm³/mol. The summed E-state index contributed by atoms with van der Waals surface area (Å²) < 4.78 is 5.07. The molecule has 1 nitrogen and oxygen atoms in total. The number of allylic oxidation sites excluding steroid dienone is 1. The molecular formula is C13H16O. The lowest BCUT2D eigenvalue weighted by Crippen LogP contribution is -1.83. The molecule has 14 heavy (non-hydrogen) atoms. The van der Waals surface area contributed by atoms with Crippen molar-refractivity contribution in [2.75, 3.05) is 7.11 Å². The van der Waals surface area contributed by atoms with Crippen molar-refractivity contribution in [2.45, 2.75) is 13.8 Å². The Morgan fingerprint density at radius 3 is 2.36 bits per heavy atom. The van der Waals surface area contributed by atoms with Crippen molar-refractivity contribution in [3.8, 4) is 5.75 Å². The van der Waals surface area contributed by atoms with Gasteiger partial charge in [0.1, 0.15) is 5.75 Å². The molecule has 0 bridgehead atoms. The van der Waals surface area contributed by atoms with Crippen molar-refractivity contribution in [3.63, 3.8) is 0 Å². The van der Waals surface area contributed by atoms with Crippen molar-refractivity contribution in [2.24, 2.45) is 5.92 Å². The third-order valence-corrected chi connectivity index (χ3v) is 1.82. The largest absolute Gasteiger partial charge is 0.497 e. The first-order valence-corrected chi connectivity index (χ1v) is 4.79. The van der Waals surface area contributed by atoms with Crippen molar-refractivity contribution in [1.29, 1.82) is 0 Å². The monoisotopic (exact) mass is 188 g/mol. The molecule has 0 heterocycles. The highest BCUT2D eigenvalue weighted by molar-refractivity contribution is 5.51. The first kappa shape index (κ1) is 10.8. The summed E-state index contributed by atoms with van der Waals surface area (Å²) in [5.74, 6) is 1.36. The highest BCUT2D eigenvalue weighted by Crippen LogP contribution is 2.12. The molecule has 1 rings (SSSR count). The Hall–Kier alpha value is -1.24. The summed E-state index contributed by atoms with van der Waals surface area (Å²) in [6.07, 6.45) is 7.22. The van der Waals surface area contributed by atoms with Gasteiger partial charge in [-0.1, -0.05) is 38.1 Å². The summed E-state index contributed by atoms with van der Waals surface area (Å²) in [7, 11) is 1.67. The van der Waals surface area contributed by atoms with Gasteiger partial charge in [0.05, 0.1) is 7.11 Å². The molecule has 1 heteroatoms. The minimum absolute atomic E-state index is 0.476. The number of benzene rings is 1. The number of methoxy groups -OCH3 is 1. The molecule has 0 saturated carbocycles. The maximum absolute atomic E-state index is 5.07. The average molecular weight is 188 g/mol. The molecule has 74 valence electrons. The second kappa shape index (κ2) is 5.48. The maximum atomic E-state index is 5.07. The van der Waals surface area contributed by atoms with E-state index in [1.807, 2.05) is 36.4 Å². The van der Waals surface area contributed by atoms with Crippen LogP contribution in [0.15, 0.2) is 30.3 Å². The zero-order valence-electron chi connectivity index (χ0n) is 8.95. The molecule has 1 aromatic carbocycles. The summed E-state index contributed by atoms with van der Waals surface area (Å²) in [6, 6.07) is 7.96. The predicted octanol–water partition coefficient (Wildman–Crippen LogP) is 3.45. The summed E-state index contributed by atoms with van der Waals surface area (Å²) >= 11 is 0. The molecule has 0 aliphatic carbocycles. The van der Waals surface area contributed by atoms with Crippen LogP contribution in [0.5, 0.6) is 5.75 Å². The van der Waals surface area contributed by atoms with Crippen molar-refractivity contribution in [3.05, 3.63) is 42.3 Å². The van der Waals surface area contributed by atoms with E-state index in [2.05, 4.69) is 20.3 Å². The van der Waals surface area contributed by atoms with E-state index in [1.54, 1.807) is 7.11 Å². The zero-order valence-corrected chi connectivity index (χ0v) is 8.95. The van der Waals surface area contributed by atoms with E-state index >= 15 is 0 Å². The highest BCUT2D eigenvalue weighted by atomic mass is 16.5. The quantitative estimate of drug-likeness (QED) is 0.703. The maximum Gasteiger partial charge on any atom is 0.118 e. The van der Waals surface area contributed by atoms with E-state index in [1.165, 1.54) is 5.56 Å². The van der Waals surface area contributed by atoms with Gasteiger partial charge in [-0.3, -0.25) is 0 Å². The van der Waals surface area contributed by atoms with E-state index in [9.17, 15) is 0 Å². The topological polar surface area (TPSA) is 9.23 Å². The second-order valence-corrected chi connectivity index (χ2v) is 3.43. The third-order valence-electron chi connectivity index (χ3n) is 1.82. The molecule has 0 amide bonds. The van der Waals surface area contributed by atoms with Crippen LogP contribution in [-0.2, 0) is 0 Å². The highest BCUT2D eigenvalue weighted by Gasteiger charge is 1.91. The lowest BCUT2D eigenvalue weighted by Gasteiger charge is -1.99. The summed E-state index contributed by atoms with van der Waals surface area (Å²) in [5.41, 5.74) is 1.17. The molecule has 0 aliphatic rings. The van der Waals surface area contributed by atoms with Gasteiger partial charge in [0.2, 0.25) is 0 Å². The van der Waals surface area contributed by atoms with Crippen LogP contribution in [0, 0.1) is 12.3 Å². The molecule has 0 aliphatic heterocycles. The molecule has 0 spiro atoms. The van der Waals surface area contributed by atoms with Gasteiger partial charge in [-0.05, 0) is 23.6 Å². The SMILES string of the molecule is COc1ccc(C=C[C]C(C)C)cc1. The van der Waals surface area contributed by atoms with Gasteiger partial charge < -0.3 is 4.74 Å². The van der Waals surface area contributed by atoms with Crippen LogP contribution in [0.1, 0.15) is 19.4 Å². The van der Waals surface area contributed by atoms with Crippen LogP contribution in [0.25, 0.3) is 6.08 Å². The standard InChI is InChI=1S/C13H16O/c1-11(2)5-4-6-12-7-9-13(14-3)10-8-12/h4,6-11H,1-3H3. The first-order chi connectivity index (χ1) is 6.72. The molecule has 0 unspecified atom stereocenters. The molecule has 0 aromatic heterocycles. The number of ether oxygens (including phenoxy) is 1. The third kappa shape index (κ3) is 3.65. The van der Waals surface area contributed by atoms with E-state index in [0.29, 0.717) is 5.92 Å². The Morgan fingerprint density at radius 1 is 1.21 bits per heavy atom. The van der Waals surface area contributed by atoms with E-state index in [0.717, 1.165) is 5.75 Å². The van der Waals surface area contributed by atoms with Gasteiger partial charge in [-0.25, -0.2) is 0 Å². The van der Waals surface area contributed by atoms with Gasteiger partial charge in [-0.2, -0.15) is 0 Å². The fourth-order valence-electron chi connectivity index (χ4n) is 1.05. The average Bonchev–Trinajstić information content (AvgIpc) is 2.18. The molecule has 0 fully saturated rings. The molecule has 1 aromatic rings. The second-order valence-electron chi connectivity index (χ2n) is 3.43. The minimum atomic E-state index is 0.476.